The van der Waals surface area contributed by atoms with Gasteiger partial charge in [0, 0.05) is 49.4 Å². The summed E-state index contributed by atoms with van der Waals surface area (Å²) < 4.78 is 0. The van der Waals surface area contributed by atoms with Crippen molar-refractivity contribution in [2.24, 2.45) is 0 Å². The molecule has 1 aliphatic rings. The summed E-state index contributed by atoms with van der Waals surface area (Å²) in [7, 11) is 0. The van der Waals surface area contributed by atoms with Crippen molar-refractivity contribution in [3.05, 3.63) is 76.0 Å². The van der Waals surface area contributed by atoms with Gasteiger partial charge in [0.25, 0.3) is 23.3 Å². The third kappa shape index (κ3) is 4.20. The average Bonchev–Trinajstić information content (AvgIpc) is 3.28. The molecule has 0 radical (unpaired) electrons. The molecule has 1 saturated heterocycles. The van der Waals surface area contributed by atoms with Crippen LogP contribution >= 0.6 is 0 Å². The molecule has 9 heteroatoms. The number of benzene rings is 2. The highest BCUT2D eigenvalue weighted by Gasteiger charge is 2.30. The minimum absolute atomic E-state index is 0.0986. The summed E-state index contributed by atoms with van der Waals surface area (Å²) in [5.74, 6) is -1.53. The van der Waals surface area contributed by atoms with Crippen LogP contribution in [0.25, 0.3) is 10.9 Å². The van der Waals surface area contributed by atoms with Gasteiger partial charge in [0.05, 0.1) is 10.5 Å². The normalized spacial score (nSPS) is 13.2. The molecular weight excluding hydrogens is 412 g/mol. The fourth-order valence-electron chi connectivity index (χ4n) is 3.61. The second-order valence-electron chi connectivity index (χ2n) is 6.94. The fourth-order valence-corrected chi connectivity index (χ4v) is 3.61. The van der Waals surface area contributed by atoms with E-state index in [1.54, 1.807) is 35.2 Å². The Balaban J connectivity index is 0.00000141. The third-order valence-electron chi connectivity index (χ3n) is 5.20. The zero-order chi connectivity index (χ0) is 23.3. The van der Waals surface area contributed by atoms with Gasteiger partial charge in [-0.3, -0.25) is 24.5 Å². The largest absolute Gasteiger partial charge is 0.355 e. The molecule has 1 aliphatic heterocycles. The highest BCUT2D eigenvalue weighted by Crippen LogP contribution is 2.27. The summed E-state index contributed by atoms with van der Waals surface area (Å²) in [5, 5.41) is 11.5. The number of nitrogens with zero attached hydrogens (tertiary/aromatic N) is 3. The van der Waals surface area contributed by atoms with Gasteiger partial charge in [-0.2, -0.15) is 0 Å². The number of terminal acetylenes is 1. The van der Waals surface area contributed by atoms with Gasteiger partial charge in [0.2, 0.25) is 0 Å². The number of ketones is 1. The molecule has 162 valence electrons. The zero-order valence-corrected chi connectivity index (χ0v) is 17.1. The predicted octanol–water partition coefficient (Wildman–Crippen LogP) is 2.49. The quantitative estimate of drug-likeness (QED) is 0.224. The first-order valence-corrected chi connectivity index (χ1v) is 9.73. The van der Waals surface area contributed by atoms with Crippen molar-refractivity contribution in [3.8, 4) is 12.8 Å². The van der Waals surface area contributed by atoms with Crippen molar-refractivity contribution in [3.63, 3.8) is 0 Å². The minimum atomic E-state index is -0.732. The number of aromatic nitrogens is 1. The molecule has 0 spiro atoms. The lowest BCUT2D eigenvalue weighted by Crippen LogP contribution is -2.52. The van der Waals surface area contributed by atoms with Gasteiger partial charge in [-0.15, -0.1) is 12.8 Å². The van der Waals surface area contributed by atoms with Gasteiger partial charge in [0.15, 0.2) is 0 Å². The van der Waals surface area contributed by atoms with Crippen LogP contribution in [0, 0.1) is 23.0 Å². The molecule has 4 rings (SSSR count). The number of non-ortho nitro benzene ring substituents is 1. The van der Waals surface area contributed by atoms with Gasteiger partial charge in [-0.25, -0.2) is 0 Å². The topological polar surface area (TPSA) is 117 Å². The van der Waals surface area contributed by atoms with E-state index in [2.05, 4.69) is 17.8 Å². The second kappa shape index (κ2) is 9.57. The number of amides is 2. The van der Waals surface area contributed by atoms with Gasteiger partial charge in [-0.1, -0.05) is 30.3 Å². The van der Waals surface area contributed by atoms with Crippen molar-refractivity contribution >= 4 is 34.2 Å². The number of hydrogen-bond acceptors (Lipinski definition) is 5. The summed E-state index contributed by atoms with van der Waals surface area (Å²) in [6, 6.07) is 13.3. The number of fused-ring (bicyclic) bond motifs is 1. The van der Waals surface area contributed by atoms with E-state index in [0.717, 1.165) is 0 Å². The third-order valence-corrected chi connectivity index (χ3v) is 5.20. The van der Waals surface area contributed by atoms with Crippen LogP contribution in [0.3, 0.4) is 0 Å². The molecule has 0 unspecified atom stereocenters. The van der Waals surface area contributed by atoms with Crippen molar-refractivity contribution in [1.29, 1.82) is 0 Å². The van der Waals surface area contributed by atoms with Gasteiger partial charge in [0.1, 0.15) is 5.52 Å². The number of aromatic amines is 1. The van der Waals surface area contributed by atoms with Crippen LogP contribution < -0.4 is 0 Å². The van der Waals surface area contributed by atoms with Gasteiger partial charge < -0.3 is 14.8 Å². The molecular formula is C23H20N4O5. The van der Waals surface area contributed by atoms with Gasteiger partial charge in [-0.05, 0) is 12.1 Å². The van der Waals surface area contributed by atoms with E-state index in [0.29, 0.717) is 24.0 Å². The molecule has 0 bridgehead atoms. The molecule has 2 aromatic carbocycles. The molecule has 2 heterocycles. The Hall–Kier alpha value is -4.45. The molecule has 2 amide bonds. The van der Waals surface area contributed by atoms with Gasteiger partial charge >= 0.3 is 0 Å². The molecule has 0 aliphatic carbocycles. The highest BCUT2D eigenvalue weighted by atomic mass is 16.6. The van der Waals surface area contributed by atoms with Crippen LogP contribution in [0.4, 0.5) is 5.69 Å². The Bertz CT molecular complexity index is 1190. The van der Waals surface area contributed by atoms with Crippen LogP contribution in [0.15, 0.2) is 54.7 Å². The fraction of sp³-hybridized carbons (Fsp3) is 0.174. The average molecular weight is 432 g/mol. The van der Waals surface area contributed by atoms with Crippen molar-refractivity contribution in [2.75, 3.05) is 26.2 Å². The van der Waals surface area contributed by atoms with Crippen molar-refractivity contribution < 1.29 is 19.3 Å². The number of nitro groups is 1. The molecule has 0 saturated carbocycles. The van der Waals surface area contributed by atoms with E-state index in [1.165, 1.54) is 23.2 Å². The Morgan fingerprint density at radius 3 is 2.16 bits per heavy atom. The molecule has 9 nitrogen and oxygen atoms in total. The van der Waals surface area contributed by atoms with Crippen molar-refractivity contribution in [1.82, 2.24) is 14.8 Å². The monoisotopic (exact) mass is 432 g/mol. The first kappa shape index (κ1) is 22.2. The van der Waals surface area contributed by atoms with E-state index in [1.807, 2.05) is 6.07 Å². The molecule has 32 heavy (non-hydrogen) atoms. The lowest BCUT2D eigenvalue weighted by Gasteiger charge is -2.34. The number of hydrogen-bond donors (Lipinski definition) is 1. The summed E-state index contributed by atoms with van der Waals surface area (Å²) in [5.41, 5.74) is 0.721. The number of piperazine rings is 1. The van der Waals surface area contributed by atoms with Crippen LogP contribution in [-0.4, -0.2) is 63.5 Å². The maximum atomic E-state index is 12.8. The molecule has 3 aromatic rings. The summed E-state index contributed by atoms with van der Waals surface area (Å²) in [6.45, 7) is 1.13. The second-order valence-corrected chi connectivity index (χ2v) is 6.94. The summed E-state index contributed by atoms with van der Waals surface area (Å²) in [6.07, 6.45) is 9.33. The van der Waals surface area contributed by atoms with E-state index < -0.39 is 16.6 Å². The lowest BCUT2D eigenvalue weighted by molar-refractivity contribution is -0.383. The highest BCUT2D eigenvalue weighted by molar-refractivity contribution is 6.45. The molecule has 1 N–H and O–H groups in total. The van der Waals surface area contributed by atoms with E-state index in [-0.39, 0.29) is 35.8 Å². The maximum absolute atomic E-state index is 12.8. The van der Waals surface area contributed by atoms with E-state index in [4.69, 9.17) is 0 Å². The Morgan fingerprint density at radius 2 is 1.53 bits per heavy atom. The smallest absolute Gasteiger partial charge is 0.295 e. The lowest BCUT2D eigenvalue weighted by atomic mass is 10.1. The minimum Gasteiger partial charge on any atom is -0.355 e. The van der Waals surface area contributed by atoms with E-state index in [9.17, 15) is 24.5 Å². The molecule has 1 fully saturated rings. The maximum Gasteiger partial charge on any atom is 0.295 e. The number of rotatable bonds is 4. The van der Waals surface area contributed by atoms with Crippen LogP contribution in [-0.2, 0) is 4.79 Å². The standard InChI is InChI=1S/C21H18N4O5.C2H2/c26-19(16-13-22-18-15(16)7-4-8-17(18)25(29)30)21(28)24-11-9-23(10-12-24)20(27)14-5-2-1-3-6-14;1-2/h1-8,13,22H,9-12H2;1-2H. The molecule has 1 aromatic heterocycles. The van der Waals surface area contributed by atoms with E-state index >= 15 is 0 Å². The number of carbonyl (C=O) groups is 3. The van der Waals surface area contributed by atoms with Crippen LogP contribution in [0.5, 0.6) is 0 Å². The number of nitrogens with one attached hydrogen (secondary N) is 1. The number of carbonyl (C=O) groups excluding carboxylic acids is 3. The number of para-hydroxylation sites is 1. The predicted molar refractivity (Wildman–Crippen MR) is 118 cm³/mol. The zero-order valence-electron chi connectivity index (χ0n) is 17.1. The SMILES string of the molecule is C#C.O=C(C(=O)N1CCN(C(=O)c2ccccc2)CC1)c1c[nH]c2c([N+](=O)[O-])cccc12. The first-order chi connectivity index (χ1) is 15.5. The number of nitro benzene ring substituents is 1. The van der Waals surface area contributed by atoms with Crippen LogP contribution in [0.2, 0.25) is 0 Å². The van der Waals surface area contributed by atoms with Crippen molar-refractivity contribution in [2.45, 2.75) is 0 Å². The first-order valence-electron chi connectivity index (χ1n) is 9.73. The summed E-state index contributed by atoms with van der Waals surface area (Å²) in [4.78, 5) is 54.4. The number of H-pyrrole nitrogens is 1. The number of Topliss-reactive ketones (excluding diaryl/α,β-unsaturated/α-hetero) is 1. The van der Waals surface area contributed by atoms with Crippen LogP contribution in [0.1, 0.15) is 20.7 Å². The molecule has 0 atom stereocenters. The Kier molecular flexibility index (Phi) is 6.65. The summed E-state index contributed by atoms with van der Waals surface area (Å²) >= 11 is 0. The Labute approximate surface area is 183 Å². The Morgan fingerprint density at radius 1 is 0.906 bits per heavy atom.